The number of hydrogen-bond donors (Lipinski definition) is 1. The summed E-state index contributed by atoms with van der Waals surface area (Å²) in [5.74, 6) is 0.734. The van der Waals surface area contributed by atoms with Crippen LogP contribution in [-0.4, -0.2) is 38.1 Å². The van der Waals surface area contributed by atoms with Gasteiger partial charge in [-0.3, -0.25) is 10.2 Å². The van der Waals surface area contributed by atoms with Gasteiger partial charge >= 0.3 is 0 Å². The van der Waals surface area contributed by atoms with Crippen molar-refractivity contribution in [2.45, 2.75) is 34.2 Å². The van der Waals surface area contributed by atoms with Gasteiger partial charge in [0.05, 0.1) is 12.1 Å². The zero-order valence-corrected chi connectivity index (χ0v) is 21.0. The number of aromatic nitrogens is 1. The standard InChI is InChI=1S/C27H27N5O2S/c1-16(2)26-30-32-24(28)21(25(33)29-27(32)35-26)14-19-15-31(22-8-6-5-7-20(19)22)11-12-34-23-13-17(3)9-10-18(23)4/h5-10,13-16,28H,11-12H2,1-4H3/b21-14-,28-24?. The average Bonchev–Trinajstić information content (AvgIpc) is 3.41. The van der Waals surface area contributed by atoms with Crippen molar-refractivity contribution in [1.82, 2.24) is 9.58 Å². The minimum atomic E-state index is -0.413. The molecule has 0 saturated carbocycles. The number of ether oxygens (including phenoxy) is 1. The molecule has 3 heterocycles. The van der Waals surface area contributed by atoms with Crippen LogP contribution < -0.4 is 4.74 Å². The largest absolute Gasteiger partial charge is 0.491 e. The third-order valence-electron chi connectivity index (χ3n) is 6.02. The first-order valence-corrected chi connectivity index (χ1v) is 12.4. The van der Waals surface area contributed by atoms with Crippen LogP contribution >= 0.6 is 11.8 Å². The number of aliphatic imine (C=N–C) groups is 1. The van der Waals surface area contributed by atoms with Gasteiger partial charge in [0.25, 0.3) is 5.91 Å². The molecule has 0 atom stereocenters. The number of rotatable bonds is 6. The number of hydrogen-bond acceptors (Lipinski definition) is 5. The summed E-state index contributed by atoms with van der Waals surface area (Å²) in [5.41, 5.74) is 4.41. The molecule has 1 N–H and O–H groups in total. The van der Waals surface area contributed by atoms with Crippen molar-refractivity contribution >= 4 is 50.7 Å². The predicted molar refractivity (Wildman–Crippen MR) is 143 cm³/mol. The molecule has 0 unspecified atom stereocenters. The van der Waals surface area contributed by atoms with Crippen molar-refractivity contribution in [3.05, 3.63) is 70.9 Å². The predicted octanol–water partition coefficient (Wildman–Crippen LogP) is 5.61. The second-order valence-electron chi connectivity index (χ2n) is 9.03. The van der Waals surface area contributed by atoms with E-state index in [4.69, 9.17) is 10.1 Å². The number of carbonyl (C=O) groups excluding carboxylic acids is 1. The lowest BCUT2D eigenvalue weighted by atomic mass is 10.1. The molecule has 0 fully saturated rings. The second kappa shape index (κ2) is 9.19. The highest BCUT2D eigenvalue weighted by Gasteiger charge is 2.36. The number of aryl methyl sites for hydroxylation is 2. The van der Waals surface area contributed by atoms with E-state index in [0.29, 0.717) is 18.3 Å². The highest BCUT2D eigenvalue weighted by Crippen LogP contribution is 2.32. The van der Waals surface area contributed by atoms with E-state index in [-0.39, 0.29) is 17.3 Å². The van der Waals surface area contributed by atoms with E-state index >= 15 is 0 Å². The minimum Gasteiger partial charge on any atom is -0.491 e. The lowest BCUT2D eigenvalue weighted by Crippen LogP contribution is -2.35. The van der Waals surface area contributed by atoms with E-state index in [0.717, 1.165) is 38.4 Å². The third kappa shape index (κ3) is 4.41. The monoisotopic (exact) mass is 485 g/mol. The summed E-state index contributed by atoms with van der Waals surface area (Å²) < 4.78 is 8.20. The molecule has 0 radical (unpaired) electrons. The number of hydrazone groups is 1. The van der Waals surface area contributed by atoms with E-state index in [1.807, 2.05) is 45.2 Å². The molecule has 0 bridgehead atoms. The normalized spacial score (nSPS) is 16.8. The summed E-state index contributed by atoms with van der Waals surface area (Å²) in [6.07, 6.45) is 3.76. The van der Waals surface area contributed by atoms with Gasteiger partial charge in [0.15, 0.2) is 5.84 Å². The van der Waals surface area contributed by atoms with Crippen LogP contribution in [0.4, 0.5) is 0 Å². The summed E-state index contributed by atoms with van der Waals surface area (Å²) in [4.78, 5) is 17.1. The molecule has 35 heavy (non-hydrogen) atoms. The Bertz CT molecular complexity index is 1450. The number of thioether (sulfide) groups is 1. The van der Waals surface area contributed by atoms with Crippen molar-refractivity contribution in [2.75, 3.05) is 6.61 Å². The van der Waals surface area contributed by atoms with Gasteiger partial charge in [-0.05, 0) is 54.9 Å². The molecule has 1 aromatic heterocycles. The first kappa shape index (κ1) is 23.1. The van der Waals surface area contributed by atoms with E-state index in [2.05, 4.69) is 45.9 Å². The van der Waals surface area contributed by atoms with Gasteiger partial charge in [-0.15, -0.1) is 0 Å². The molecule has 0 spiro atoms. The molecule has 1 amide bonds. The van der Waals surface area contributed by atoms with Crippen LogP contribution in [0, 0.1) is 25.2 Å². The van der Waals surface area contributed by atoms with E-state index in [1.165, 1.54) is 16.8 Å². The number of amides is 1. The number of benzene rings is 2. The van der Waals surface area contributed by atoms with Gasteiger partial charge in [-0.2, -0.15) is 15.1 Å². The Morgan fingerprint density at radius 2 is 1.97 bits per heavy atom. The summed E-state index contributed by atoms with van der Waals surface area (Å²) in [7, 11) is 0. The lowest BCUT2D eigenvalue weighted by Gasteiger charge is -2.20. The molecular weight excluding hydrogens is 458 g/mol. The van der Waals surface area contributed by atoms with Gasteiger partial charge in [0, 0.05) is 28.6 Å². The van der Waals surface area contributed by atoms with Crippen molar-refractivity contribution in [1.29, 1.82) is 5.41 Å². The number of carbonyl (C=O) groups is 1. The summed E-state index contributed by atoms with van der Waals surface area (Å²) in [6.45, 7) is 9.33. The molecule has 3 aromatic rings. The Morgan fingerprint density at radius 1 is 1.17 bits per heavy atom. The fraction of sp³-hybridized carbons (Fsp3) is 0.259. The number of nitrogens with one attached hydrogen (secondary N) is 1. The molecule has 7 nitrogen and oxygen atoms in total. The zero-order chi connectivity index (χ0) is 24.7. The molecule has 5 rings (SSSR count). The Balaban J connectivity index is 1.43. The van der Waals surface area contributed by atoms with Crippen molar-refractivity contribution in [2.24, 2.45) is 16.0 Å². The molecule has 8 heteroatoms. The number of fused-ring (bicyclic) bond motifs is 2. The second-order valence-corrected chi connectivity index (χ2v) is 10.0. The molecule has 2 aliphatic rings. The van der Waals surface area contributed by atoms with Gasteiger partial charge in [0.1, 0.15) is 17.4 Å². The SMILES string of the molecule is Cc1ccc(C)c(OCCn2cc(/C=C3/C(=N)N4N=C(C(C)C)SC4=NC3=O)c3ccccc32)c1. The zero-order valence-electron chi connectivity index (χ0n) is 20.2. The van der Waals surface area contributed by atoms with Gasteiger partial charge < -0.3 is 9.30 Å². The first-order valence-electron chi connectivity index (χ1n) is 11.6. The molecule has 2 aromatic carbocycles. The number of nitrogens with zero attached hydrogens (tertiary/aromatic N) is 4. The maximum atomic E-state index is 12.8. The molecular formula is C27H27N5O2S. The molecule has 178 valence electrons. The molecule has 2 aliphatic heterocycles. The van der Waals surface area contributed by atoms with Crippen molar-refractivity contribution in [3.63, 3.8) is 0 Å². The Labute approximate surface area is 208 Å². The Kier molecular flexibility index (Phi) is 6.06. The quantitative estimate of drug-likeness (QED) is 0.460. The molecule has 0 saturated heterocycles. The maximum Gasteiger partial charge on any atom is 0.283 e. The van der Waals surface area contributed by atoms with Crippen LogP contribution in [0.15, 0.2) is 64.3 Å². The highest BCUT2D eigenvalue weighted by atomic mass is 32.2. The number of amidine groups is 2. The van der Waals surface area contributed by atoms with Crippen LogP contribution in [0.2, 0.25) is 0 Å². The topological polar surface area (TPSA) is 83.0 Å². The van der Waals surface area contributed by atoms with Gasteiger partial charge in [0.2, 0.25) is 5.17 Å². The van der Waals surface area contributed by atoms with Crippen molar-refractivity contribution in [3.8, 4) is 5.75 Å². The Morgan fingerprint density at radius 3 is 2.77 bits per heavy atom. The fourth-order valence-electron chi connectivity index (χ4n) is 4.09. The number of para-hydroxylation sites is 1. The summed E-state index contributed by atoms with van der Waals surface area (Å²) >= 11 is 1.35. The van der Waals surface area contributed by atoms with Crippen LogP contribution in [0.3, 0.4) is 0 Å². The van der Waals surface area contributed by atoms with Crippen molar-refractivity contribution < 1.29 is 9.53 Å². The molecule has 0 aliphatic carbocycles. The van der Waals surface area contributed by atoms with Gasteiger partial charge in [-0.25, -0.2) is 0 Å². The third-order valence-corrected chi connectivity index (χ3v) is 7.23. The van der Waals surface area contributed by atoms with Crippen LogP contribution in [0.5, 0.6) is 5.75 Å². The minimum absolute atomic E-state index is 0.0539. The summed E-state index contributed by atoms with van der Waals surface area (Å²) in [5, 5.41) is 16.9. The average molecular weight is 486 g/mol. The lowest BCUT2D eigenvalue weighted by molar-refractivity contribution is -0.114. The van der Waals surface area contributed by atoms with Crippen LogP contribution in [-0.2, 0) is 11.3 Å². The highest BCUT2D eigenvalue weighted by molar-refractivity contribution is 8.27. The maximum absolute atomic E-state index is 12.8. The Hall–Kier alpha value is -3.65. The van der Waals surface area contributed by atoms with Gasteiger partial charge in [-0.1, -0.05) is 44.2 Å². The first-order chi connectivity index (χ1) is 16.8. The fourth-order valence-corrected chi connectivity index (χ4v) is 4.98. The van der Waals surface area contributed by atoms with E-state index < -0.39 is 5.91 Å². The van der Waals surface area contributed by atoms with Crippen LogP contribution in [0.1, 0.15) is 30.5 Å². The van der Waals surface area contributed by atoms with E-state index in [1.54, 1.807) is 6.08 Å². The summed E-state index contributed by atoms with van der Waals surface area (Å²) in [6, 6.07) is 14.2. The van der Waals surface area contributed by atoms with Crippen LogP contribution in [0.25, 0.3) is 17.0 Å². The van der Waals surface area contributed by atoms with E-state index in [9.17, 15) is 4.79 Å². The smallest absolute Gasteiger partial charge is 0.283 e.